The van der Waals surface area contributed by atoms with Gasteiger partial charge in [-0.1, -0.05) is 87.9 Å². The molecule has 7 heteroatoms. The van der Waals surface area contributed by atoms with Gasteiger partial charge < -0.3 is 19.7 Å². The molecule has 0 aliphatic carbocycles. The minimum absolute atomic E-state index is 0.0193. The number of likely N-dealkylation sites (tertiary alicyclic amines) is 2. The van der Waals surface area contributed by atoms with E-state index in [2.05, 4.69) is 112 Å². The minimum atomic E-state index is -0.138. The van der Waals surface area contributed by atoms with Gasteiger partial charge in [-0.2, -0.15) is 0 Å². The quantitative estimate of drug-likeness (QED) is 0.302. The van der Waals surface area contributed by atoms with Gasteiger partial charge in [0.15, 0.2) is 0 Å². The Morgan fingerprint density at radius 2 is 1.62 bits per heavy atom. The van der Waals surface area contributed by atoms with Crippen molar-refractivity contribution in [3.05, 3.63) is 78.2 Å². The molecule has 3 fully saturated rings. The van der Waals surface area contributed by atoms with Gasteiger partial charge >= 0.3 is 0 Å². The second-order valence-electron chi connectivity index (χ2n) is 14.7. The fourth-order valence-electron chi connectivity index (χ4n) is 7.90. The maximum Gasteiger partial charge on any atom is 0.236 e. The third-order valence-electron chi connectivity index (χ3n) is 10.2. The topological polar surface area (TPSA) is 56.6 Å². The average molecular weight is 611 g/mol. The van der Waals surface area contributed by atoms with Crippen LogP contribution in [0.3, 0.4) is 0 Å². The van der Waals surface area contributed by atoms with Gasteiger partial charge in [-0.05, 0) is 75.2 Å². The molecule has 1 N–H and O–H groups in total. The Kier molecular flexibility index (Phi) is 10.4. The summed E-state index contributed by atoms with van der Waals surface area (Å²) in [5.74, 6) is 1.85. The number of aromatic nitrogens is 2. The molecule has 3 aliphatic rings. The first kappa shape index (κ1) is 32.0. The minimum Gasteiger partial charge on any atom is -0.341 e. The lowest BCUT2D eigenvalue weighted by atomic mass is 9.84. The first-order chi connectivity index (χ1) is 21.8. The van der Waals surface area contributed by atoms with E-state index in [0.29, 0.717) is 18.5 Å². The summed E-state index contributed by atoms with van der Waals surface area (Å²) >= 11 is 0. The van der Waals surface area contributed by atoms with Gasteiger partial charge in [-0.15, -0.1) is 0 Å². The van der Waals surface area contributed by atoms with Crippen molar-refractivity contribution in [2.45, 2.75) is 77.9 Å². The first-order valence-electron chi connectivity index (χ1n) is 17.5. The van der Waals surface area contributed by atoms with Crippen LogP contribution in [0.2, 0.25) is 0 Å². The standard InChI is InChI=1S/C38H54N6O/c1-38(2,3)36(37-40-34(32-15-9-5-10-16-32)28-44(37)26-30-13-7-4-8-14-30)43(27-31-17-20-39-25-31)29-35(45)42-23-18-33(19-24-42)41-21-11-6-12-22-41/h4-5,7-10,13-16,28,31,33,36,39H,6,11-12,17-27,29H2,1-3H3. The zero-order chi connectivity index (χ0) is 31.2. The van der Waals surface area contributed by atoms with Gasteiger partial charge in [0.25, 0.3) is 0 Å². The largest absolute Gasteiger partial charge is 0.341 e. The van der Waals surface area contributed by atoms with Crippen molar-refractivity contribution < 1.29 is 4.79 Å². The van der Waals surface area contributed by atoms with Gasteiger partial charge in [0.2, 0.25) is 5.91 Å². The lowest BCUT2D eigenvalue weighted by Crippen LogP contribution is -2.51. The van der Waals surface area contributed by atoms with Crippen LogP contribution in [-0.4, -0.2) is 88.6 Å². The number of carbonyl (C=O) groups excluding carboxylic acids is 1. The van der Waals surface area contributed by atoms with E-state index in [1.807, 2.05) is 0 Å². The molecular weight excluding hydrogens is 556 g/mol. The number of carbonyl (C=O) groups is 1. The molecule has 3 saturated heterocycles. The summed E-state index contributed by atoms with van der Waals surface area (Å²) in [5.41, 5.74) is 3.23. The van der Waals surface area contributed by atoms with Gasteiger partial charge in [-0.3, -0.25) is 9.69 Å². The molecule has 2 aromatic carbocycles. The summed E-state index contributed by atoms with van der Waals surface area (Å²) in [7, 11) is 0. The highest BCUT2D eigenvalue weighted by atomic mass is 16.2. The van der Waals surface area contributed by atoms with Crippen LogP contribution in [0, 0.1) is 11.3 Å². The highest BCUT2D eigenvalue weighted by Gasteiger charge is 2.39. The smallest absolute Gasteiger partial charge is 0.236 e. The summed E-state index contributed by atoms with van der Waals surface area (Å²) in [4.78, 5) is 26.9. The Hall–Kier alpha value is -3.00. The summed E-state index contributed by atoms with van der Waals surface area (Å²) < 4.78 is 2.35. The van der Waals surface area contributed by atoms with Crippen LogP contribution in [0.5, 0.6) is 0 Å². The molecule has 3 aromatic rings. The molecule has 7 nitrogen and oxygen atoms in total. The number of nitrogens with one attached hydrogen (secondary N) is 1. The van der Waals surface area contributed by atoms with E-state index in [1.54, 1.807) is 0 Å². The van der Waals surface area contributed by atoms with Crippen LogP contribution in [0.1, 0.15) is 76.7 Å². The van der Waals surface area contributed by atoms with Crippen molar-refractivity contribution in [3.8, 4) is 11.3 Å². The third kappa shape index (κ3) is 8.05. The van der Waals surface area contributed by atoms with Gasteiger partial charge in [0.1, 0.15) is 5.82 Å². The molecule has 0 spiro atoms. The Morgan fingerprint density at radius 3 is 2.27 bits per heavy atom. The average Bonchev–Trinajstić information content (AvgIpc) is 3.72. The van der Waals surface area contributed by atoms with Crippen LogP contribution in [0.25, 0.3) is 11.3 Å². The van der Waals surface area contributed by atoms with Crippen LogP contribution in [-0.2, 0) is 11.3 Å². The number of hydrogen-bond acceptors (Lipinski definition) is 5. The van der Waals surface area contributed by atoms with E-state index in [0.717, 1.165) is 75.6 Å². The number of benzene rings is 2. The number of rotatable bonds is 10. The Labute approximate surface area is 271 Å². The van der Waals surface area contributed by atoms with Crippen molar-refractivity contribution in [1.29, 1.82) is 0 Å². The molecule has 6 rings (SSSR count). The van der Waals surface area contributed by atoms with E-state index in [-0.39, 0.29) is 17.4 Å². The number of amides is 1. The van der Waals surface area contributed by atoms with Crippen molar-refractivity contribution >= 4 is 5.91 Å². The van der Waals surface area contributed by atoms with Gasteiger partial charge in [0.05, 0.1) is 18.3 Å². The van der Waals surface area contributed by atoms with Crippen LogP contribution in [0.4, 0.5) is 0 Å². The zero-order valence-electron chi connectivity index (χ0n) is 27.8. The summed E-state index contributed by atoms with van der Waals surface area (Å²) in [6.07, 6.45) is 9.58. The molecule has 1 amide bonds. The summed E-state index contributed by atoms with van der Waals surface area (Å²) in [6.45, 7) is 15.3. The molecule has 2 atom stereocenters. The monoisotopic (exact) mass is 610 g/mol. The Bertz CT molecular complexity index is 1350. The fourth-order valence-corrected chi connectivity index (χ4v) is 7.90. The predicted molar refractivity (Wildman–Crippen MR) is 183 cm³/mol. The van der Waals surface area contributed by atoms with Crippen LogP contribution in [0.15, 0.2) is 66.9 Å². The second kappa shape index (κ2) is 14.6. The third-order valence-corrected chi connectivity index (χ3v) is 10.2. The Balaban J connectivity index is 1.29. The molecule has 1 aromatic heterocycles. The van der Waals surface area contributed by atoms with Crippen LogP contribution < -0.4 is 5.32 Å². The van der Waals surface area contributed by atoms with Gasteiger partial charge in [0, 0.05) is 44.0 Å². The van der Waals surface area contributed by atoms with Crippen molar-refractivity contribution in [2.75, 3.05) is 52.4 Å². The molecule has 45 heavy (non-hydrogen) atoms. The predicted octanol–water partition coefficient (Wildman–Crippen LogP) is 6.07. The van der Waals surface area contributed by atoms with E-state index >= 15 is 0 Å². The maximum atomic E-state index is 14.2. The Morgan fingerprint density at radius 1 is 0.933 bits per heavy atom. The summed E-state index contributed by atoms with van der Waals surface area (Å²) in [5, 5.41) is 3.57. The number of imidazole rings is 1. The normalized spacial score (nSPS) is 21.0. The van der Waals surface area contributed by atoms with E-state index in [1.165, 1.54) is 37.9 Å². The maximum absolute atomic E-state index is 14.2. The second-order valence-corrected chi connectivity index (χ2v) is 14.7. The highest BCUT2D eigenvalue weighted by molar-refractivity contribution is 5.78. The molecule has 0 bridgehead atoms. The molecule has 3 aliphatic heterocycles. The van der Waals surface area contributed by atoms with Crippen molar-refractivity contribution in [3.63, 3.8) is 0 Å². The first-order valence-corrected chi connectivity index (χ1v) is 17.5. The fraction of sp³-hybridized carbons (Fsp3) is 0.579. The SMILES string of the molecule is CC(C)(C)C(c1nc(-c2ccccc2)cn1Cc1ccccc1)N(CC(=O)N1CCC(N2CCCCC2)CC1)CC1CCNC1. The molecule has 4 heterocycles. The van der Waals surface area contributed by atoms with E-state index in [9.17, 15) is 4.79 Å². The number of piperidine rings is 2. The molecule has 0 radical (unpaired) electrons. The van der Waals surface area contributed by atoms with Crippen molar-refractivity contribution in [1.82, 2.24) is 29.6 Å². The van der Waals surface area contributed by atoms with E-state index in [4.69, 9.17) is 4.98 Å². The lowest BCUT2D eigenvalue weighted by molar-refractivity contribution is -0.135. The van der Waals surface area contributed by atoms with Crippen molar-refractivity contribution in [2.24, 2.45) is 11.3 Å². The van der Waals surface area contributed by atoms with Crippen LogP contribution >= 0.6 is 0 Å². The zero-order valence-corrected chi connectivity index (χ0v) is 27.8. The van der Waals surface area contributed by atoms with E-state index < -0.39 is 0 Å². The summed E-state index contributed by atoms with van der Waals surface area (Å²) in [6, 6.07) is 21.8. The molecule has 0 saturated carbocycles. The molecule has 2 unspecified atom stereocenters. The highest BCUT2D eigenvalue weighted by Crippen LogP contribution is 2.40. The number of hydrogen-bond donors (Lipinski definition) is 1. The number of nitrogens with zero attached hydrogens (tertiary/aromatic N) is 5. The lowest BCUT2D eigenvalue weighted by Gasteiger charge is -2.43. The molecular formula is C38H54N6O. The van der Waals surface area contributed by atoms with Gasteiger partial charge in [-0.25, -0.2) is 4.98 Å². The molecule has 242 valence electrons.